The van der Waals surface area contributed by atoms with E-state index in [1.807, 2.05) is 6.07 Å². The summed E-state index contributed by atoms with van der Waals surface area (Å²) in [6.45, 7) is 0.237. The van der Waals surface area contributed by atoms with Gasteiger partial charge in [-0.2, -0.15) is 5.26 Å². The van der Waals surface area contributed by atoms with Crippen LogP contribution in [0.4, 0.5) is 11.4 Å². The van der Waals surface area contributed by atoms with Crippen molar-refractivity contribution >= 4 is 46.4 Å². The summed E-state index contributed by atoms with van der Waals surface area (Å²) in [7, 11) is 0. The molecule has 0 bridgehead atoms. The molecule has 2 aromatic rings. The first-order valence-electron chi connectivity index (χ1n) is 7.55. The lowest BCUT2D eigenvalue weighted by Gasteiger charge is -2.18. The zero-order chi connectivity index (χ0) is 18.0. The highest BCUT2D eigenvalue weighted by Gasteiger charge is 2.36. The molecule has 7 heteroatoms. The molecular weight excluding hydrogens is 361 g/mol. The monoisotopic (exact) mass is 373 g/mol. The van der Waals surface area contributed by atoms with Gasteiger partial charge in [-0.3, -0.25) is 9.59 Å². The Kier molecular flexibility index (Phi) is 4.93. The van der Waals surface area contributed by atoms with E-state index < -0.39 is 5.92 Å². The normalized spacial score (nSPS) is 16.6. The third-order valence-corrected chi connectivity index (χ3v) is 4.81. The number of nitrogens with one attached hydrogen (secondary N) is 1. The van der Waals surface area contributed by atoms with Gasteiger partial charge in [-0.1, -0.05) is 29.3 Å². The van der Waals surface area contributed by atoms with Crippen LogP contribution in [0.25, 0.3) is 0 Å². The van der Waals surface area contributed by atoms with Gasteiger partial charge in [0.2, 0.25) is 11.8 Å². The third-order valence-electron chi connectivity index (χ3n) is 4.00. The second-order valence-corrected chi connectivity index (χ2v) is 6.44. The van der Waals surface area contributed by atoms with Crippen LogP contribution in [-0.4, -0.2) is 18.4 Å². The number of nitriles is 1. The highest BCUT2D eigenvalue weighted by Crippen LogP contribution is 2.35. The van der Waals surface area contributed by atoms with Gasteiger partial charge in [0.15, 0.2) is 0 Å². The molecular formula is C18H13Cl2N3O2. The first-order valence-corrected chi connectivity index (χ1v) is 8.30. The minimum Gasteiger partial charge on any atom is -0.326 e. The van der Waals surface area contributed by atoms with Crippen LogP contribution in [0.2, 0.25) is 10.0 Å². The van der Waals surface area contributed by atoms with Crippen LogP contribution in [0, 0.1) is 17.2 Å². The number of halogens is 2. The summed E-state index contributed by atoms with van der Waals surface area (Å²) in [5.74, 6) is -0.916. The highest BCUT2D eigenvalue weighted by atomic mass is 35.5. The molecule has 1 aliphatic heterocycles. The molecule has 0 radical (unpaired) electrons. The lowest BCUT2D eigenvalue weighted by molar-refractivity contribution is -0.122. The number of nitrogens with zero attached hydrogens (tertiary/aromatic N) is 2. The van der Waals surface area contributed by atoms with E-state index in [1.54, 1.807) is 42.5 Å². The lowest BCUT2D eigenvalue weighted by Crippen LogP contribution is -2.28. The van der Waals surface area contributed by atoms with Gasteiger partial charge in [-0.15, -0.1) is 0 Å². The van der Waals surface area contributed by atoms with Crippen molar-refractivity contribution in [3.8, 4) is 6.07 Å². The molecule has 0 unspecified atom stereocenters. The largest absolute Gasteiger partial charge is 0.326 e. The molecule has 126 valence electrons. The molecule has 1 heterocycles. The molecule has 0 aliphatic carbocycles. The second kappa shape index (κ2) is 7.14. The minimum absolute atomic E-state index is 0.102. The number of carbonyl (C=O) groups excluding carboxylic acids is 2. The van der Waals surface area contributed by atoms with Gasteiger partial charge in [0, 0.05) is 18.7 Å². The Morgan fingerprint density at radius 1 is 1.20 bits per heavy atom. The van der Waals surface area contributed by atoms with Crippen molar-refractivity contribution in [2.75, 3.05) is 16.8 Å². The summed E-state index contributed by atoms with van der Waals surface area (Å²) in [5, 5.41) is 12.2. The zero-order valence-corrected chi connectivity index (χ0v) is 14.5. The summed E-state index contributed by atoms with van der Waals surface area (Å²) in [5.41, 5.74) is 1.60. The quantitative estimate of drug-likeness (QED) is 0.887. The molecule has 1 atom stereocenters. The molecule has 25 heavy (non-hydrogen) atoms. The number of hydrogen-bond donors (Lipinski definition) is 1. The average molecular weight is 374 g/mol. The number of rotatable bonds is 3. The molecule has 0 saturated carbocycles. The van der Waals surface area contributed by atoms with E-state index in [0.29, 0.717) is 27.0 Å². The maximum Gasteiger partial charge on any atom is 0.229 e. The minimum atomic E-state index is -0.488. The van der Waals surface area contributed by atoms with Crippen molar-refractivity contribution in [1.29, 1.82) is 5.26 Å². The predicted molar refractivity (Wildman–Crippen MR) is 96.7 cm³/mol. The van der Waals surface area contributed by atoms with E-state index in [0.717, 1.165) is 0 Å². The van der Waals surface area contributed by atoms with Crippen LogP contribution >= 0.6 is 23.2 Å². The van der Waals surface area contributed by atoms with Crippen molar-refractivity contribution in [2.24, 2.45) is 5.92 Å². The number of benzene rings is 2. The predicted octanol–water partition coefficient (Wildman–Crippen LogP) is 3.86. The summed E-state index contributed by atoms with van der Waals surface area (Å²) >= 11 is 12.2. The molecule has 3 rings (SSSR count). The van der Waals surface area contributed by atoms with Crippen molar-refractivity contribution in [2.45, 2.75) is 6.42 Å². The molecule has 0 spiro atoms. The standard InChI is InChI=1S/C18H13Cl2N3O2/c19-14-2-1-3-15(17(14)20)23-10-12(8-16(23)24)18(25)22-13-6-4-11(9-21)5-7-13/h1-7,12H,8,10H2,(H,22,25)/t12-/m0/s1. The fourth-order valence-corrected chi connectivity index (χ4v) is 3.09. The highest BCUT2D eigenvalue weighted by molar-refractivity contribution is 6.44. The van der Waals surface area contributed by atoms with Crippen molar-refractivity contribution < 1.29 is 9.59 Å². The Morgan fingerprint density at radius 3 is 2.60 bits per heavy atom. The Morgan fingerprint density at radius 2 is 1.92 bits per heavy atom. The third kappa shape index (κ3) is 3.60. The van der Waals surface area contributed by atoms with Gasteiger partial charge in [0.05, 0.1) is 33.3 Å². The summed E-state index contributed by atoms with van der Waals surface area (Å²) in [4.78, 5) is 26.2. The number of amides is 2. The van der Waals surface area contributed by atoms with Gasteiger partial charge < -0.3 is 10.2 Å². The maximum atomic E-state index is 12.4. The van der Waals surface area contributed by atoms with E-state index >= 15 is 0 Å². The molecule has 5 nitrogen and oxygen atoms in total. The van der Waals surface area contributed by atoms with Gasteiger partial charge in [-0.05, 0) is 36.4 Å². The van der Waals surface area contributed by atoms with Crippen molar-refractivity contribution in [3.05, 3.63) is 58.1 Å². The fourth-order valence-electron chi connectivity index (χ4n) is 2.69. The van der Waals surface area contributed by atoms with Crippen molar-refractivity contribution in [3.63, 3.8) is 0 Å². The van der Waals surface area contributed by atoms with Gasteiger partial charge >= 0.3 is 0 Å². The second-order valence-electron chi connectivity index (χ2n) is 5.66. The van der Waals surface area contributed by atoms with Crippen LogP contribution in [-0.2, 0) is 9.59 Å². The smallest absolute Gasteiger partial charge is 0.229 e. The molecule has 1 fully saturated rings. The summed E-state index contributed by atoms with van der Waals surface area (Å²) < 4.78 is 0. The number of carbonyl (C=O) groups is 2. The molecule has 1 aliphatic rings. The Labute approximate surface area is 154 Å². The Balaban J connectivity index is 1.72. The van der Waals surface area contributed by atoms with Crippen LogP contribution < -0.4 is 10.2 Å². The average Bonchev–Trinajstić information content (AvgIpc) is 3.00. The topological polar surface area (TPSA) is 73.2 Å². The Hall–Kier alpha value is -2.55. The molecule has 1 N–H and O–H groups in total. The molecule has 2 amide bonds. The van der Waals surface area contributed by atoms with E-state index in [2.05, 4.69) is 5.32 Å². The Bertz CT molecular complexity index is 875. The molecule has 2 aromatic carbocycles. The van der Waals surface area contributed by atoms with Gasteiger partial charge in [0.25, 0.3) is 0 Å². The first-order chi connectivity index (χ1) is 12.0. The van der Waals surface area contributed by atoms with Crippen LogP contribution in [0.15, 0.2) is 42.5 Å². The first kappa shape index (κ1) is 17.3. The SMILES string of the molecule is N#Cc1ccc(NC(=O)[C@H]2CC(=O)N(c3cccc(Cl)c3Cl)C2)cc1. The van der Waals surface area contributed by atoms with Crippen LogP contribution in [0.5, 0.6) is 0 Å². The zero-order valence-electron chi connectivity index (χ0n) is 13.0. The van der Waals surface area contributed by atoms with Gasteiger partial charge in [0.1, 0.15) is 0 Å². The van der Waals surface area contributed by atoms with Crippen molar-refractivity contribution in [1.82, 2.24) is 0 Å². The van der Waals surface area contributed by atoms with Crippen LogP contribution in [0.1, 0.15) is 12.0 Å². The summed E-state index contributed by atoms with van der Waals surface area (Å²) in [6, 6.07) is 13.6. The van der Waals surface area contributed by atoms with E-state index in [1.165, 1.54) is 4.90 Å². The van der Waals surface area contributed by atoms with Gasteiger partial charge in [-0.25, -0.2) is 0 Å². The summed E-state index contributed by atoms with van der Waals surface area (Å²) in [6.07, 6.45) is 0.102. The van der Waals surface area contributed by atoms with E-state index in [4.69, 9.17) is 28.5 Å². The lowest BCUT2D eigenvalue weighted by atomic mass is 10.1. The number of anilines is 2. The maximum absolute atomic E-state index is 12.4. The van der Waals surface area contributed by atoms with Crippen LogP contribution in [0.3, 0.4) is 0 Å². The molecule has 0 aromatic heterocycles. The number of hydrogen-bond acceptors (Lipinski definition) is 3. The molecule has 1 saturated heterocycles. The van der Waals surface area contributed by atoms with E-state index in [-0.39, 0.29) is 24.8 Å². The fraction of sp³-hybridized carbons (Fsp3) is 0.167. The van der Waals surface area contributed by atoms with E-state index in [9.17, 15) is 9.59 Å².